The highest BCUT2D eigenvalue weighted by atomic mass is 16.5. The van der Waals surface area contributed by atoms with Gasteiger partial charge >= 0.3 is 0 Å². The Morgan fingerprint density at radius 2 is 1.84 bits per heavy atom. The van der Waals surface area contributed by atoms with Crippen molar-refractivity contribution in [2.45, 2.75) is 25.1 Å². The summed E-state index contributed by atoms with van der Waals surface area (Å²) in [4.78, 5) is 27.4. The maximum absolute atomic E-state index is 12.9. The third kappa shape index (κ3) is 3.97. The van der Waals surface area contributed by atoms with E-state index in [1.807, 2.05) is 66.7 Å². The molecule has 2 aliphatic heterocycles. The average Bonchev–Trinajstić information content (AvgIpc) is 3.23. The van der Waals surface area contributed by atoms with Crippen molar-refractivity contribution in [2.24, 2.45) is 0 Å². The second-order valence-electron chi connectivity index (χ2n) is 7.88. The first kappa shape index (κ1) is 19.2. The van der Waals surface area contributed by atoms with Crippen LogP contribution in [0.3, 0.4) is 0 Å². The largest absolute Gasteiger partial charge is 0.489 e. The van der Waals surface area contributed by atoms with Gasteiger partial charge in [-0.05, 0) is 42.3 Å². The Morgan fingerprint density at radius 3 is 2.71 bits per heavy atom. The number of hydrogen-bond acceptors (Lipinski definition) is 4. The molecule has 0 radical (unpaired) electrons. The smallest absolute Gasteiger partial charge is 0.251 e. The fraction of sp³-hybridized carbons (Fsp3) is 0.200. The number of amides is 2. The number of carbonyl (C=O) groups is 2. The molecule has 1 saturated heterocycles. The molecular formula is C25H23N3O3. The van der Waals surface area contributed by atoms with Crippen molar-refractivity contribution in [3.8, 4) is 5.75 Å². The molecule has 2 unspecified atom stereocenters. The predicted octanol–water partition coefficient (Wildman–Crippen LogP) is 3.60. The highest BCUT2D eigenvalue weighted by Crippen LogP contribution is 2.36. The molecule has 0 bridgehead atoms. The molecule has 5 rings (SSSR count). The molecule has 0 aliphatic carbocycles. The van der Waals surface area contributed by atoms with Crippen LogP contribution in [0, 0.1) is 0 Å². The van der Waals surface area contributed by atoms with Gasteiger partial charge in [0.1, 0.15) is 18.4 Å². The minimum atomic E-state index is -0.263. The number of hydrogen-bond donors (Lipinski definition) is 2. The van der Waals surface area contributed by atoms with E-state index in [1.165, 1.54) is 0 Å². The molecule has 6 heteroatoms. The molecule has 31 heavy (non-hydrogen) atoms. The number of fused-ring (bicyclic) bond motifs is 3. The van der Waals surface area contributed by atoms with Gasteiger partial charge in [-0.25, -0.2) is 0 Å². The number of para-hydroxylation sites is 2. The van der Waals surface area contributed by atoms with Gasteiger partial charge in [0, 0.05) is 18.2 Å². The van der Waals surface area contributed by atoms with Gasteiger partial charge in [0.15, 0.2) is 0 Å². The van der Waals surface area contributed by atoms with Crippen molar-refractivity contribution in [2.75, 3.05) is 16.8 Å². The quantitative estimate of drug-likeness (QED) is 0.671. The molecule has 0 spiro atoms. The minimum absolute atomic E-state index is 0.0215. The summed E-state index contributed by atoms with van der Waals surface area (Å²) in [5.74, 6) is 0.462. The summed E-state index contributed by atoms with van der Waals surface area (Å²) in [6, 6.07) is 24.5. The number of carbonyl (C=O) groups excluding carboxylic acids is 2. The highest BCUT2D eigenvalue weighted by Gasteiger charge is 2.41. The molecule has 3 aromatic carbocycles. The van der Waals surface area contributed by atoms with E-state index in [4.69, 9.17) is 4.74 Å². The maximum atomic E-state index is 12.9. The molecule has 3 aromatic rings. The average molecular weight is 413 g/mol. The summed E-state index contributed by atoms with van der Waals surface area (Å²) >= 11 is 0. The molecule has 1 fully saturated rings. The maximum Gasteiger partial charge on any atom is 0.251 e. The normalized spacial score (nSPS) is 19.2. The van der Waals surface area contributed by atoms with Crippen LogP contribution in [0.2, 0.25) is 0 Å². The van der Waals surface area contributed by atoms with Gasteiger partial charge in [0.05, 0.1) is 11.4 Å². The van der Waals surface area contributed by atoms with Crippen LogP contribution in [-0.4, -0.2) is 30.4 Å². The van der Waals surface area contributed by atoms with E-state index in [9.17, 15) is 9.59 Å². The first-order valence-corrected chi connectivity index (χ1v) is 10.4. The molecule has 2 amide bonds. The van der Waals surface area contributed by atoms with E-state index in [0.29, 0.717) is 30.9 Å². The summed E-state index contributed by atoms with van der Waals surface area (Å²) in [6.45, 7) is 1.05. The van der Waals surface area contributed by atoms with Gasteiger partial charge in [-0.2, -0.15) is 0 Å². The SMILES string of the molecule is O=C(NC1CC2C(=O)Nc3ccccc3N2C1)c1cccc(OCc2ccccc2)c1. The Kier molecular flexibility index (Phi) is 5.04. The van der Waals surface area contributed by atoms with Crippen LogP contribution in [0.1, 0.15) is 22.3 Å². The summed E-state index contributed by atoms with van der Waals surface area (Å²) in [6.07, 6.45) is 0.579. The minimum Gasteiger partial charge on any atom is -0.489 e. The number of anilines is 2. The number of ether oxygens (including phenoxy) is 1. The lowest BCUT2D eigenvalue weighted by molar-refractivity contribution is -0.117. The van der Waals surface area contributed by atoms with Crippen LogP contribution in [-0.2, 0) is 11.4 Å². The molecular weight excluding hydrogens is 390 g/mol. The molecule has 0 aromatic heterocycles. The van der Waals surface area contributed by atoms with Crippen molar-refractivity contribution in [3.05, 3.63) is 90.0 Å². The first-order valence-electron chi connectivity index (χ1n) is 10.4. The Balaban J connectivity index is 1.24. The fourth-order valence-corrected chi connectivity index (χ4v) is 4.24. The Bertz CT molecular complexity index is 1120. The molecule has 2 atom stereocenters. The monoisotopic (exact) mass is 413 g/mol. The van der Waals surface area contributed by atoms with Crippen LogP contribution < -0.4 is 20.3 Å². The van der Waals surface area contributed by atoms with Crippen molar-refractivity contribution in [1.82, 2.24) is 5.32 Å². The second-order valence-corrected chi connectivity index (χ2v) is 7.88. The van der Waals surface area contributed by atoms with E-state index >= 15 is 0 Å². The topological polar surface area (TPSA) is 70.7 Å². The lowest BCUT2D eigenvalue weighted by Gasteiger charge is -2.32. The van der Waals surface area contributed by atoms with Crippen LogP contribution in [0.15, 0.2) is 78.9 Å². The molecule has 2 N–H and O–H groups in total. The third-order valence-electron chi connectivity index (χ3n) is 5.75. The van der Waals surface area contributed by atoms with Gasteiger partial charge in [-0.15, -0.1) is 0 Å². The zero-order valence-corrected chi connectivity index (χ0v) is 17.0. The van der Waals surface area contributed by atoms with Crippen LogP contribution in [0.25, 0.3) is 0 Å². The predicted molar refractivity (Wildman–Crippen MR) is 119 cm³/mol. The highest BCUT2D eigenvalue weighted by molar-refractivity contribution is 6.04. The molecule has 6 nitrogen and oxygen atoms in total. The Hall–Kier alpha value is -3.80. The van der Waals surface area contributed by atoms with E-state index in [2.05, 4.69) is 15.5 Å². The molecule has 156 valence electrons. The van der Waals surface area contributed by atoms with Crippen LogP contribution >= 0.6 is 0 Å². The number of nitrogens with zero attached hydrogens (tertiary/aromatic N) is 1. The first-order chi connectivity index (χ1) is 15.2. The van der Waals surface area contributed by atoms with Gasteiger partial charge in [-0.3, -0.25) is 9.59 Å². The van der Waals surface area contributed by atoms with E-state index in [-0.39, 0.29) is 23.9 Å². The fourth-order valence-electron chi connectivity index (χ4n) is 4.24. The summed E-state index contributed by atoms with van der Waals surface area (Å²) < 4.78 is 5.84. The summed E-state index contributed by atoms with van der Waals surface area (Å²) in [5, 5.41) is 6.05. The standard InChI is InChI=1S/C25H23N3O3/c29-24(18-9-6-10-20(13-18)31-16-17-7-2-1-3-8-17)26-19-14-23-25(30)27-21-11-4-5-12-22(21)28(23)15-19/h1-13,19,23H,14-16H2,(H,26,29)(H,27,30). The van der Waals surface area contributed by atoms with Gasteiger partial charge in [-0.1, -0.05) is 48.5 Å². The second kappa shape index (κ2) is 8.14. The molecule has 2 aliphatic rings. The lowest BCUT2D eigenvalue weighted by Crippen LogP contribution is -2.44. The number of benzene rings is 3. The number of rotatable bonds is 5. The Labute approximate surface area is 180 Å². The lowest BCUT2D eigenvalue weighted by atomic mass is 10.1. The Morgan fingerprint density at radius 1 is 1.03 bits per heavy atom. The van der Waals surface area contributed by atoms with Gasteiger partial charge in [0.2, 0.25) is 5.91 Å². The van der Waals surface area contributed by atoms with Gasteiger partial charge in [0.25, 0.3) is 5.91 Å². The van der Waals surface area contributed by atoms with Crippen LogP contribution in [0.5, 0.6) is 5.75 Å². The van der Waals surface area contributed by atoms with Crippen LogP contribution in [0.4, 0.5) is 11.4 Å². The van der Waals surface area contributed by atoms with E-state index < -0.39 is 0 Å². The van der Waals surface area contributed by atoms with E-state index in [1.54, 1.807) is 12.1 Å². The summed E-state index contributed by atoms with van der Waals surface area (Å²) in [5.41, 5.74) is 3.43. The summed E-state index contributed by atoms with van der Waals surface area (Å²) in [7, 11) is 0. The molecule has 2 heterocycles. The third-order valence-corrected chi connectivity index (χ3v) is 5.75. The van der Waals surface area contributed by atoms with Gasteiger partial charge < -0.3 is 20.3 Å². The van der Waals surface area contributed by atoms with Crippen molar-refractivity contribution < 1.29 is 14.3 Å². The zero-order valence-electron chi connectivity index (χ0n) is 17.0. The van der Waals surface area contributed by atoms with Crippen molar-refractivity contribution >= 4 is 23.2 Å². The van der Waals surface area contributed by atoms with Crippen molar-refractivity contribution in [1.29, 1.82) is 0 Å². The number of nitrogens with one attached hydrogen (secondary N) is 2. The van der Waals surface area contributed by atoms with E-state index in [0.717, 1.165) is 16.9 Å². The zero-order chi connectivity index (χ0) is 21.2. The van der Waals surface area contributed by atoms with Crippen molar-refractivity contribution in [3.63, 3.8) is 0 Å². The molecule has 0 saturated carbocycles.